The molecule has 1 heterocycles. The quantitative estimate of drug-likeness (QED) is 0.819. The SMILES string of the molecule is Cc1nc(CC(C)N)oc1C(C)(F)F. The summed E-state index contributed by atoms with van der Waals surface area (Å²) in [5, 5.41) is 0. The maximum absolute atomic E-state index is 12.9. The van der Waals surface area contributed by atoms with E-state index in [0.717, 1.165) is 6.92 Å². The van der Waals surface area contributed by atoms with Crippen LogP contribution in [0.15, 0.2) is 4.42 Å². The van der Waals surface area contributed by atoms with E-state index in [1.54, 1.807) is 6.92 Å². The Labute approximate surface area is 81.3 Å². The number of alkyl halides is 2. The fraction of sp³-hybridized carbons (Fsp3) is 0.667. The molecule has 0 aromatic carbocycles. The van der Waals surface area contributed by atoms with Crippen molar-refractivity contribution in [3.05, 3.63) is 17.3 Å². The summed E-state index contributed by atoms with van der Waals surface area (Å²) in [6.45, 7) is 4.06. The highest BCUT2D eigenvalue weighted by Crippen LogP contribution is 2.30. The lowest BCUT2D eigenvalue weighted by Crippen LogP contribution is -2.17. The smallest absolute Gasteiger partial charge is 0.303 e. The van der Waals surface area contributed by atoms with Gasteiger partial charge in [-0.15, -0.1) is 0 Å². The van der Waals surface area contributed by atoms with E-state index < -0.39 is 5.92 Å². The topological polar surface area (TPSA) is 52.0 Å². The van der Waals surface area contributed by atoms with Crippen molar-refractivity contribution in [2.24, 2.45) is 5.73 Å². The van der Waals surface area contributed by atoms with E-state index in [1.807, 2.05) is 0 Å². The Morgan fingerprint density at radius 3 is 2.50 bits per heavy atom. The minimum Gasteiger partial charge on any atom is -0.439 e. The molecule has 0 radical (unpaired) electrons. The van der Waals surface area contributed by atoms with Crippen molar-refractivity contribution in [2.75, 3.05) is 0 Å². The monoisotopic (exact) mass is 204 g/mol. The van der Waals surface area contributed by atoms with E-state index >= 15 is 0 Å². The molecule has 3 nitrogen and oxygen atoms in total. The minimum absolute atomic E-state index is 0.147. The van der Waals surface area contributed by atoms with E-state index in [4.69, 9.17) is 10.2 Å². The van der Waals surface area contributed by atoms with E-state index in [9.17, 15) is 8.78 Å². The van der Waals surface area contributed by atoms with Gasteiger partial charge in [0.15, 0.2) is 11.7 Å². The second-order valence-corrected chi connectivity index (χ2v) is 3.59. The van der Waals surface area contributed by atoms with Crippen LogP contribution in [0.3, 0.4) is 0 Å². The van der Waals surface area contributed by atoms with Gasteiger partial charge in [0.1, 0.15) is 0 Å². The molecule has 0 saturated carbocycles. The molecule has 2 N–H and O–H groups in total. The van der Waals surface area contributed by atoms with E-state index in [1.165, 1.54) is 6.92 Å². The van der Waals surface area contributed by atoms with Crippen molar-refractivity contribution in [1.82, 2.24) is 4.98 Å². The van der Waals surface area contributed by atoms with Crippen molar-refractivity contribution in [3.8, 4) is 0 Å². The highest BCUT2D eigenvalue weighted by Gasteiger charge is 2.32. The Kier molecular flexibility index (Phi) is 2.89. The van der Waals surface area contributed by atoms with Gasteiger partial charge in [-0.3, -0.25) is 0 Å². The van der Waals surface area contributed by atoms with Crippen molar-refractivity contribution in [2.45, 2.75) is 39.2 Å². The molecule has 0 aliphatic rings. The first-order chi connectivity index (χ1) is 6.30. The average Bonchev–Trinajstić information content (AvgIpc) is 2.27. The van der Waals surface area contributed by atoms with Crippen molar-refractivity contribution < 1.29 is 13.2 Å². The maximum Gasteiger partial charge on any atom is 0.303 e. The van der Waals surface area contributed by atoms with Crippen LogP contribution in [0.2, 0.25) is 0 Å². The third-order valence-corrected chi connectivity index (χ3v) is 1.74. The van der Waals surface area contributed by atoms with Gasteiger partial charge >= 0.3 is 5.92 Å². The predicted molar refractivity (Wildman–Crippen MR) is 48.2 cm³/mol. The normalized spacial score (nSPS) is 14.4. The predicted octanol–water partition coefficient (Wildman–Crippen LogP) is 1.98. The maximum atomic E-state index is 12.9. The highest BCUT2D eigenvalue weighted by molar-refractivity contribution is 5.13. The zero-order chi connectivity index (χ0) is 10.9. The van der Waals surface area contributed by atoms with Crippen molar-refractivity contribution in [3.63, 3.8) is 0 Å². The van der Waals surface area contributed by atoms with Crippen LogP contribution in [0.1, 0.15) is 31.2 Å². The molecule has 0 aliphatic carbocycles. The van der Waals surface area contributed by atoms with Crippen LogP contribution in [-0.2, 0) is 12.3 Å². The number of aromatic nitrogens is 1. The van der Waals surface area contributed by atoms with E-state index in [0.29, 0.717) is 6.42 Å². The average molecular weight is 204 g/mol. The lowest BCUT2D eigenvalue weighted by atomic mass is 10.2. The zero-order valence-electron chi connectivity index (χ0n) is 8.47. The molecule has 1 unspecified atom stereocenters. The molecule has 1 aromatic heterocycles. The highest BCUT2D eigenvalue weighted by atomic mass is 19.3. The molecular weight excluding hydrogens is 190 g/mol. The summed E-state index contributed by atoms with van der Waals surface area (Å²) in [7, 11) is 0. The first-order valence-corrected chi connectivity index (χ1v) is 4.41. The molecule has 5 heteroatoms. The van der Waals surface area contributed by atoms with Gasteiger partial charge in [0.25, 0.3) is 0 Å². The second-order valence-electron chi connectivity index (χ2n) is 3.59. The lowest BCUT2D eigenvalue weighted by molar-refractivity contribution is -0.00705. The number of hydrogen-bond donors (Lipinski definition) is 1. The van der Waals surface area contributed by atoms with E-state index in [-0.39, 0.29) is 23.4 Å². The standard InChI is InChI=1S/C9H14F2N2O/c1-5(12)4-7-13-6(2)8(14-7)9(3,10)11/h5H,4,12H2,1-3H3. The van der Waals surface area contributed by atoms with Crippen LogP contribution in [-0.4, -0.2) is 11.0 Å². The summed E-state index contributed by atoms with van der Waals surface area (Å²) in [4.78, 5) is 3.89. The Morgan fingerprint density at radius 2 is 2.14 bits per heavy atom. The molecule has 0 bridgehead atoms. The lowest BCUT2D eigenvalue weighted by Gasteiger charge is -2.06. The Hall–Kier alpha value is -0.970. The molecule has 0 saturated heterocycles. The third kappa shape index (κ3) is 2.51. The van der Waals surface area contributed by atoms with Crippen LogP contribution in [0, 0.1) is 6.92 Å². The summed E-state index contributed by atoms with van der Waals surface area (Å²) >= 11 is 0. The summed E-state index contributed by atoms with van der Waals surface area (Å²) in [5.74, 6) is -3.07. The van der Waals surface area contributed by atoms with Gasteiger partial charge in [-0.2, -0.15) is 8.78 Å². The molecule has 0 aliphatic heterocycles. The van der Waals surface area contributed by atoms with Gasteiger partial charge in [-0.25, -0.2) is 4.98 Å². The van der Waals surface area contributed by atoms with Crippen LogP contribution in [0.4, 0.5) is 8.78 Å². The molecular formula is C9H14F2N2O. The van der Waals surface area contributed by atoms with Crippen LogP contribution < -0.4 is 5.73 Å². The largest absolute Gasteiger partial charge is 0.439 e. The van der Waals surface area contributed by atoms with Crippen molar-refractivity contribution >= 4 is 0 Å². The summed E-state index contributed by atoms with van der Waals surface area (Å²) < 4.78 is 30.8. The molecule has 0 amide bonds. The molecule has 80 valence electrons. The van der Waals surface area contributed by atoms with Crippen molar-refractivity contribution in [1.29, 1.82) is 0 Å². The van der Waals surface area contributed by atoms with Crippen LogP contribution in [0.25, 0.3) is 0 Å². The fourth-order valence-electron chi connectivity index (χ4n) is 1.22. The van der Waals surface area contributed by atoms with Gasteiger partial charge in [0.2, 0.25) is 0 Å². The zero-order valence-corrected chi connectivity index (χ0v) is 8.47. The molecule has 1 aromatic rings. The number of nitrogens with zero attached hydrogens (tertiary/aromatic N) is 1. The first kappa shape index (κ1) is 11.1. The van der Waals surface area contributed by atoms with E-state index in [2.05, 4.69) is 4.98 Å². The number of oxazole rings is 1. The Balaban J connectivity index is 2.94. The Bertz CT molecular complexity index is 315. The number of hydrogen-bond acceptors (Lipinski definition) is 3. The first-order valence-electron chi connectivity index (χ1n) is 4.41. The summed E-state index contributed by atoms with van der Waals surface area (Å²) in [5.41, 5.74) is 5.74. The van der Waals surface area contributed by atoms with Gasteiger partial charge in [-0.1, -0.05) is 0 Å². The summed E-state index contributed by atoms with van der Waals surface area (Å²) in [6.07, 6.45) is 0.372. The third-order valence-electron chi connectivity index (χ3n) is 1.74. The van der Waals surface area contributed by atoms with Gasteiger partial charge in [0, 0.05) is 19.4 Å². The van der Waals surface area contributed by atoms with Crippen LogP contribution >= 0.6 is 0 Å². The molecule has 1 rings (SSSR count). The number of aryl methyl sites for hydroxylation is 1. The fourth-order valence-corrected chi connectivity index (χ4v) is 1.22. The molecule has 1 atom stereocenters. The number of nitrogens with two attached hydrogens (primary N) is 1. The second kappa shape index (κ2) is 3.65. The molecule has 0 fully saturated rings. The Morgan fingerprint density at radius 1 is 1.57 bits per heavy atom. The van der Waals surface area contributed by atoms with Gasteiger partial charge in [-0.05, 0) is 13.8 Å². The van der Waals surface area contributed by atoms with Crippen LogP contribution in [0.5, 0.6) is 0 Å². The number of halogens is 2. The molecule has 14 heavy (non-hydrogen) atoms. The van der Waals surface area contributed by atoms with Gasteiger partial charge in [0.05, 0.1) is 5.69 Å². The number of rotatable bonds is 3. The van der Waals surface area contributed by atoms with Gasteiger partial charge < -0.3 is 10.2 Å². The minimum atomic E-state index is -2.98. The molecule has 0 spiro atoms. The summed E-state index contributed by atoms with van der Waals surface area (Å²) in [6, 6.07) is -0.147.